The molecule has 122 valence electrons. The van der Waals surface area contributed by atoms with Crippen LogP contribution in [0.15, 0.2) is 47.2 Å². The Morgan fingerprint density at radius 1 is 1.17 bits per heavy atom. The molecule has 0 aliphatic rings. The molecule has 5 nitrogen and oxygen atoms in total. The Hall–Kier alpha value is -2.69. The molecule has 0 heterocycles. The van der Waals surface area contributed by atoms with Crippen molar-refractivity contribution in [2.24, 2.45) is 0 Å². The molecule has 1 aromatic rings. The lowest BCUT2D eigenvalue weighted by molar-refractivity contribution is -0.124. The van der Waals surface area contributed by atoms with E-state index in [0.717, 1.165) is 5.56 Å². The van der Waals surface area contributed by atoms with Crippen molar-refractivity contribution in [3.63, 3.8) is 0 Å². The van der Waals surface area contributed by atoms with E-state index in [4.69, 9.17) is 4.74 Å². The Balaban J connectivity index is 3.45. The van der Waals surface area contributed by atoms with Crippen LogP contribution in [0.25, 0.3) is 0 Å². The van der Waals surface area contributed by atoms with E-state index < -0.39 is 0 Å². The number of rotatable bonds is 6. The van der Waals surface area contributed by atoms with Crippen molar-refractivity contribution in [1.29, 1.82) is 0 Å². The summed E-state index contributed by atoms with van der Waals surface area (Å²) in [5, 5.41) is 0. The van der Waals surface area contributed by atoms with Gasteiger partial charge in [-0.15, -0.1) is 0 Å². The second-order valence-corrected chi connectivity index (χ2v) is 5.27. The fourth-order valence-electron chi connectivity index (χ4n) is 2.07. The normalized spacial score (nSPS) is 12.3. The van der Waals surface area contributed by atoms with Crippen molar-refractivity contribution in [3.05, 3.63) is 58.4 Å². The molecule has 0 saturated carbocycles. The van der Waals surface area contributed by atoms with Gasteiger partial charge >= 0.3 is 0 Å². The lowest BCUT2D eigenvalue weighted by atomic mass is 9.96. The van der Waals surface area contributed by atoms with Gasteiger partial charge in [-0.05, 0) is 25.5 Å². The number of likely N-dealkylation sites (N-methyl/N-ethyl adjacent to an activating group) is 1. The van der Waals surface area contributed by atoms with Gasteiger partial charge in [-0.2, -0.15) is 0 Å². The van der Waals surface area contributed by atoms with Crippen LogP contribution in [0.2, 0.25) is 0 Å². The molecule has 0 aliphatic heterocycles. The maximum Gasteiger partial charge on any atom is 0.248 e. The number of hydrogen-bond donors (Lipinski definition) is 0. The topological polar surface area (TPSA) is 63.7 Å². The highest BCUT2D eigenvalue weighted by molar-refractivity contribution is 6.14. The maximum atomic E-state index is 12.8. The predicted molar refractivity (Wildman–Crippen MR) is 88.1 cm³/mol. The minimum absolute atomic E-state index is 0.0597. The molecule has 1 amide bonds. The van der Waals surface area contributed by atoms with Gasteiger partial charge in [0.25, 0.3) is 0 Å². The number of allylic oxidation sites excluding steroid dienone is 3. The number of ether oxygens (including phenoxy) is 1. The molecule has 0 aliphatic carbocycles. The molecule has 0 spiro atoms. The standard InChI is InChI=1S/C18H21NO4/c1-12-8-6-7-9-14(12)17(21)15(16(11-20)23-5)10-13(2)18(22)19(3)4/h6-11H,1-5H3/b13-10?,16-15+. The number of Topliss-reactive ketones (excluding diaryl/α,β-unsaturated/α-hetero) is 1. The first-order chi connectivity index (χ1) is 10.8. The van der Waals surface area contributed by atoms with E-state index in [1.54, 1.807) is 46.1 Å². The first-order valence-electron chi connectivity index (χ1n) is 7.07. The van der Waals surface area contributed by atoms with Crippen molar-refractivity contribution < 1.29 is 19.1 Å². The van der Waals surface area contributed by atoms with Crippen LogP contribution in [0.5, 0.6) is 0 Å². The number of aldehydes is 1. The van der Waals surface area contributed by atoms with Gasteiger partial charge in [0.05, 0.1) is 12.7 Å². The van der Waals surface area contributed by atoms with Crippen LogP contribution in [0.3, 0.4) is 0 Å². The fraction of sp³-hybridized carbons (Fsp3) is 0.278. The number of carbonyl (C=O) groups is 3. The Bertz CT molecular complexity index is 684. The number of carbonyl (C=O) groups excluding carboxylic acids is 3. The number of methoxy groups -OCH3 is 1. The highest BCUT2D eigenvalue weighted by Crippen LogP contribution is 2.19. The van der Waals surface area contributed by atoms with Crippen molar-refractivity contribution in [2.75, 3.05) is 21.2 Å². The Morgan fingerprint density at radius 3 is 2.26 bits per heavy atom. The molecular formula is C18H21NO4. The van der Waals surface area contributed by atoms with Crippen LogP contribution >= 0.6 is 0 Å². The summed E-state index contributed by atoms with van der Waals surface area (Å²) in [7, 11) is 4.54. The minimum Gasteiger partial charge on any atom is -0.493 e. The van der Waals surface area contributed by atoms with Gasteiger partial charge in [-0.25, -0.2) is 0 Å². The van der Waals surface area contributed by atoms with E-state index in [-0.39, 0.29) is 23.0 Å². The lowest BCUT2D eigenvalue weighted by Crippen LogP contribution is -2.23. The van der Waals surface area contributed by atoms with E-state index in [9.17, 15) is 14.4 Å². The number of ketones is 1. The minimum atomic E-state index is -0.363. The van der Waals surface area contributed by atoms with Crippen molar-refractivity contribution in [1.82, 2.24) is 4.90 Å². The molecule has 1 aromatic carbocycles. The second kappa shape index (κ2) is 8.08. The Kier molecular flexibility index (Phi) is 6.45. The van der Waals surface area contributed by atoms with Crippen LogP contribution in [0.4, 0.5) is 0 Å². The summed E-state index contributed by atoms with van der Waals surface area (Å²) in [6.07, 6.45) is 1.86. The summed E-state index contributed by atoms with van der Waals surface area (Å²) in [6.45, 7) is 3.39. The summed E-state index contributed by atoms with van der Waals surface area (Å²) >= 11 is 0. The van der Waals surface area contributed by atoms with Gasteiger partial charge in [0.2, 0.25) is 5.91 Å². The molecule has 0 bridgehead atoms. The summed E-state index contributed by atoms with van der Waals surface area (Å²) in [6, 6.07) is 7.04. The molecule has 0 fully saturated rings. The number of benzene rings is 1. The van der Waals surface area contributed by atoms with E-state index in [2.05, 4.69) is 0 Å². The monoisotopic (exact) mass is 315 g/mol. The summed E-state index contributed by atoms with van der Waals surface area (Å²) < 4.78 is 5.01. The zero-order valence-corrected chi connectivity index (χ0v) is 14.0. The molecule has 0 unspecified atom stereocenters. The SMILES string of the molecule is CO/C(C=O)=C(\C=C(C)C(=O)N(C)C)C(=O)c1ccccc1C. The zero-order valence-electron chi connectivity index (χ0n) is 14.0. The first kappa shape index (κ1) is 18.4. The third-order valence-corrected chi connectivity index (χ3v) is 3.33. The van der Waals surface area contributed by atoms with Crippen LogP contribution in [-0.4, -0.2) is 44.1 Å². The number of aryl methyl sites for hydroxylation is 1. The average Bonchev–Trinajstić information content (AvgIpc) is 2.53. The van der Waals surface area contributed by atoms with Crippen molar-refractivity contribution >= 4 is 18.0 Å². The van der Waals surface area contributed by atoms with Gasteiger partial charge < -0.3 is 9.64 Å². The van der Waals surface area contributed by atoms with Crippen LogP contribution < -0.4 is 0 Å². The van der Waals surface area contributed by atoms with Crippen LogP contribution in [0, 0.1) is 6.92 Å². The van der Waals surface area contributed by atoms with E-state index in [1.165, 1.54) is 18.1 Å². The molecule has 0 saturated heterocycles. The Labute approximate surface area is 136 Å². The van der Waals surface area contributed by atoms with E-state index >= 15 is 0 Å². The first-order valence-corrected chi connectivity index (χ1v) is 7.07. The number of nitrogens with zero attached hydrogens (tertiary/aromatic N) is 1. The van der Waals surface area contributed by atoms with Gasteiger partial charge in [-0.1, -0.05) is 24.3 Å². The van der Waals surface area contributed by atoms with Crippen molar-refractivity contribution in [2.45, 2.75) is 13.8 Å². The predicted octanol–water partition coefficient (Wildman–Crippen LogP) is 2.31. The summed E-state index contributed by atoms with van der Waals surface area (Å²) in [5.41, 5.74) is 1.63. The van der Waals surface area contributed by atoms with E-state index in [0.29, 0.717) is 17.4 Å². The Morgan fingerprint density at radius 2 is 1.78 bits per heavy atom. The highest BCUT2D eigenvalue weighted by atomic mass is 16.5. The molecule has 0 radical (unpaired) electrons. The molecule has 0 aromatic heterocycles. The second-order valence-electron chi connectivity index (χ2n) is 5.27. The van der Waals surface area contributed by atoms with Gasteiger partial charge in [0, 0.05) is 25.2 Å². The third kappa shape index (κ3) is 4.39. The smallest absolute Gasteiger partial charge is 0.248 e. The highest BCUT2D eigenvalue weighted by Gasteiger charge is 2.19. The summed E-state index contributed by atoms with van der Waals surface area (Å²) in [5.74, 6) is -0.719. The number of hydrogen-bond acceptors (Lipinski definition) is 4. The molecule has 1 rings (SSSR count). The van der Waals surface area contributed by atoms with Gasteiger partial charge in [-0.3, -0.25) is 14.4 Å². The molecule has 23 heavy (non-hydrogen) atoms. The van der Waals surface area contributed by atoms with Crippen molar-refractivity contribution in [3.8, 4) is 0 Å². The number of amides is 1. The molecular weight excluding hydrogens is 294 g/mol. The lowest BCUT2D eigenvalue weighted by Gasteiger charge is -2.12. The molecule has 0 N–H and O–H groups in total. The largest absolute Gasteiger partial charge is 0.493 e. The molecule has 0 atom stereocenters. The maximum absolute atomic E-state index is 12.8. The third-order valence-electron chi connectivity index (χ3n) is 3.33. The van der Waals surface area contributed by atoms with E-state index in [1.807, 2.05) is 6.07 Å². The van der Waals surface area contributed by atoms with Gasteiger partial charge in [0.15, 0.2) is 17.8 Å². The summed E-state index contributed by atoms with van der Waals surface area (Å²) in [4.78, 5) is 37.4. The zero-order chi connectivity index (χ0) is 17.6. The quantitative estimate of drug-likeness (QED) is 0.266. The fourth-order valence-corrected chi connectivity index (χ4v) is 2.07. The van der Waals surface area contributed by atoms with Gasteiger partial charge in [0.1, 0.15) is 0 Å². The van der Waals surface area contributed by atoms with Crippen LogP contribution in [0.1, 0.15) is 22.8 Å². The van der Waals surface area contributed by atoms with Crippen LogP contribution in [-0.2, 0) is 14.3 Å². The average molecular weight is 315 g/mol. The molecule has 5 heteroatoms.